The van der Waals surface area contributed by atoms with Crippen molar-refractivity contribution in [1.82, 2.24) is 4.90 Å². The molecule has 0 bridgehead atoms. The number of carbonyl (C=O) groups excluding carboxylic acids is 1. The highest BCUT2D eigenvalue weighted by molar-refractivity contribution is 5.85. The summed E-state index contributed by atoms with van der Waals surface area (Å²) in [6, 6.07) is 2.24. The number of hydrogen-bond acceptors (Lipinski definition) is 4. The summed E-state index contributed by atoms with van der Waals surface area (Å²) in [5.74, 6) is -0.0112. The van der Waals surface area contributed by atoms with Crippen LogP contribution in [0.4, 0.5) is 0 Å². The van der Waals surface area contributed by atoms with Crippen LogP contribution >= 0.6 is 0 Å². The fourth-order valence-electron chi connectivity index (χ4n) is 2.69. The SMILES string of the molecule is COC1CCN(C(=O)C2(C#N)CCOCC2)CC1. The highest BCUT2D eigenvalue weighted by atomic mass is 16.5. The summed E-state index contributed by atoms with van der Waals surface area (Å²) in [5, 5.41) is 9.36. The molecule has 2 fully saturated rings. The topological polar surface area (TPSA) is 62.6 Å². The molecule has 0 unspecified atom stereocenters. The van der Waals surface area contributed by atoms with Gasteiger partial charge in [-0.2, -0.15) is 5.26 Å². The summed E-state index contributed by atoms with van der Waals surface area (Å²) < 4.78 is 10.5. The Bertz CT molecular complexity index is 337. The number of ether oxygens (including phenoxy) is 2. The van der Waals surface area contributed by atoms with E-state index in [-0.39, 0.29) is 12.0 Å². The number of methoxy groups -OCH3 is 1. The van der Waals surface area contributed by atoms with Crippen LogP contribution in [-0.2, 0) is 14.3 Å². The van der Waals surface area contributed by atoms with Crippen molar-refractivity contribution in [3.63, 3.8) is 0 Å². The molecule has 2 rings (SSSR count). The normalized spacial score (nSPS) is 24.6. The summed E-state index contributed by atoms with van der Waals surface area (Å²) in [7, 11) is 1.71. The van der Waals surface area contributed by atoms with E-state index in [0.717, 1.165) is 12.8 Å². The van der Waals surface area contributed by atoms with Crippen LogP contribution in [0.5, 0.6) is 0 Å². The number of carbonyl (C=O) groups is 1. The maximum atomic E-state index is 12.5. The highest BCUT2D eigenvalue weighted by Gasteiger charge is 2.43. The number of hydrogen-bond donors (Lipinski definition) is 0. The molecule has 0 atom stereocenters. The molecule has 5 heteroatoms. The van der Waals surface area contributed by atoms with E-state index in [4.69, 9.17) is 9.47 Å². The first-order valence-electron chi connectivity index (χ1n) is 6.53. The van der Waals surface area contributed by atoms with Gasteiger partial charge in [-0.25, -0.2) is 0 Å². The van der Waals surface area contributed by atoms with Gasteiger partial charge in [0.25, 0.3) is 0 Å². The van der Waals surface area contributed by atoms with Crippen LogP contribution in [0.15, 0.2) is 0 Å². The predicted molar refractivity (Wildman–Crippen MR) is 64.7 cm³/mol. The van der Waals surface area contributed by atoms with E-state index in [9.17, 15) is 10.1 Å². The van der Waals surface area contributed by atoms with Crippen LogP contribution in [0.1, 0.15) is 25.7 Å². The molecule has 0 aromatic rings. The maximum absolute atomic E-state index is 12.5. The smallest absolute Gasteiger partial charge is 0.243 e. The van der Waals surface area contributed by atoms with Gasteiger partial charge < -0.3 is 14.4 Å². The average molecular weight is 252 g/mol. The van der Waals surface area contributed by atoms with E-state index in [1.165, 1.54) is 0 Å². The number of likely N-dealkylation sites (tertiary alicyclic amines) is 1. The number of rotatable bonds is 2. The van der Waals surface area contributed by atoms with E-state index >= 15 is 0 Å². The average Bonchev–Trinajstić information content (AvgIpc) is 2.47. The molecule has 2 aliphatic rings. The van der Waals surface area contributed by atoms with Gasteiger partial charge in [0.05, 0.1) is 12.2 Å². The van der Waals surface area contributed by atoms with Crippen molar-refractivity contribution in [2.24, 2.45) is 5.41 Å². The Balaban J connectivity index is 2.00. The van der Waals surface area contributed by atoms with Crippen molar-refractivity contribution >= 4 is 5.91 Å². The fourth-order valence-corrected chi connectivity index (χ4v) is 2.69. The maximum Gasteiger partial charge on any atom is 0.243 e. The summed E-state index contributed by atoms with van der Waals surface area (Å²) in [6.07, 6.45) is 3.02. The zero-order valence-corrected chi connectivity index (χ0v) is 10.9. The van der Waals surface area contributed by atoms with E-state index in [1.54, 1.807) is 7.11 Å². The first-order valence-corrected chi connectivity index (χ1v) is 6.53. The van der Waals surface area contributed by atoms with Gasteiger partial charge in [0.1, 0.15) is 5.41 Å². The van der Waals surface area contributed by atoms with Gasteiger partial charge in [-0.3, -0.25) is 4.79 Å². The standard InChI is InChI=1S/C13H20N2O3/c1-17-11-2-6-15(7-3-11)12(16)13(10-14)4-8-18-9-5-13/h11H,2-9H2,1H3. The van der Waals surface area contributed by atoms with E-state index in [0.29, 0.717) is 39.1 Å². The largest absolute Gasteiger partial charge is 0.381 e. The third-order valence-corrected chi connectivity index (χ3v) is 4.03. The molecule has 100 valence electrons. The first kappa shape index (κ1) is 13.3. The molecule has 2 saturated heterocycles. The predicted octanol–water partition coefficient (Wildman–Crippen LogP) is 0.944. The third kappa shape index (κ3) is 2.50. The van der Waals surface area contributed by atoms with Crippen LogP contribution in [0.25, 0.3) is 0 Å². The second-order valence-corrected chi connectivity index (χ2v) is 5.03. The molecular weight excluding hydrogens is 232 g/mol. The Kier molecular flexibility index (Phi) is 4.20. The minimum atomic E-state index is -0.849. The van der Waals surface area contributed by atoms with E-state index in [2.05, 4.69) is 6.07 Å². The lowest BCUT2D eigenvalue weighted by atomic mass is 9.80. The van der Waals surface area contributed by atoms with E-state index < -0.39 is 5.41 Å². The molecule has 18 heavy (non-hydrogen) atoms. The van der Waals surface area contributed by atoms with Crippen molar-refractivity contribution in [1.29, 1.82) is 5.26 Å². The van der Waals surface area contributed by atoms with Gasteiger partial charge in [-0.1, -0.05) is 0 Å². The van der Waals surface area contributed by atoms with Crippen LogP contribution in [0, 0.1) is 16.7 Å². The van der Waals surface area contributed by atoms with Gasteiger partial charge in [-0.15, -0.1) is 0 Å². The highest BCUT2D eigenvalue weighted by Crippen LogP contribution is 2.33. The number of nitriles is 1. The third-order valence-electron chi connectivity index (χ3n) is 4.03. The van der Waals surface area contributed by atoms with Crippen molar-refractivity contribution < 1.29 is 14.3 Å². The summed E-state index contributed by atoms with van der Waals surface area (Å²) in [5.41, 5.74) is -0.849. The second kappa shape index (κ2) is 5.68. The summed E-state index contributed by atoms with van der Waals surface area (Å²) >= 11 is 0. The summed E-state index contributed by atoms with van der Waals surface area (Å²) in [6.45, 7) is 2.41. The molecule has 0 aliphatic carbocycles. The molecule has 2 heterocycles. The van der Waals surface area contributed by atoms with Gasteiger partial charge in [0, 0.05) is 33.4 Å². The lowest BCUT2D eigenvalue weighted by molar-refractivity contribution is -0.145. The van der Waals surface area contributed by atoms with Gasteiger partial charge in [0.15, 0.2) is 0 Å². The molecule has 2 aliphatic heterocycles. The van der Waals surface area contributed by atoms with Crippen LogP contribution in [0.3, 0.4) is 0 Å². The quantitative estimate of drug-likeness (QED) is 0.734. The Labute approximate surface area is 108 Å². The summed E-state index contributed by atoms with van der Waals surface area (Å²) in [4.78, 5) is 14.3. The molecule has 0 saturated carbocycles. The minimum Gasteiger partial charge on any atom is -0.381 e. The van der Waals surface area contributed by atoms with Gasteiger partial charge in [0.2, 0.25) is 5.91 Å². The van der Waals surface area contributed by atoms with Crippen molar-refractivity contribution in [3.05, 3.63) is 0 Å². The van der Waals surface area contributed by atoms with Crippen LogP contribution < -0.4 is 0 Å². The lowest BCUT2D eigenvalue weighted by Gasteiger charge is -2.38. The van der Waals surface area contributed by atoms with E-state index in [1.807, 2.05) is 4.90 Å². The van der Waals surface area contributed by atoms with Crippen molar-refractivity contribution in [2.45, 2.75) is 31.8 Å². The molecule has 1 amide bonds. The van der Waals surface area contributed by atoms with Gasteiger partial charge >= 0.3 is 0 Å². The zero-order valence-electron chi connectivity index (χ0n) is 10.9. The number of amides is 1. The second-order valence-electron chi connectivity index (χ2n) is 5.03. The molecule has 0 radical (unpaired) electrons. The molecule has 0 spiro atoms. The molecule has 0 aromatic heterocycles. The zero-order chi connectivity index (χ0) is 13.0. The van der Waals surface area contributed by atoms with Crippen LogP contribution in [0.2, 0.25) is 0 Å². The van der Waals surface area contributed by atoms with Crippen molar-refractivity contribution in [2.75, 3.05) is 33.4 Å². The Morgan fingerprint density at radius 1 is 1.39 bits per heavy atom. The van der Waals surface area contributed by atoms with Crippen LogP contribution in [-0.4, -0.2) is 50.3 Å². The molecular formula is C13H20N2O3. The van der Waals surface area contributed by atoms with Crippen molar-refractivity contribution in [3.8, 4) is 6.07 Å². The first-order chi connectivity index (χ1) is 8.72. The Morgan fingerprint density at radius 2 is 2.00 bits per heavy atom. The molecule has 5 nitrogen and oxygen atoms in total. The number of piperidine rings is 1. The minimum absolute atomic E-state index is 0.0112. The fraction of sp³-hybridized carbons (Fsp3) is 0.846. The molecule has 0 N–H and O–H groups in total. The monoisotopic (exact) mass is 252 g/mol. The Hall–Kier alpha value is -1.12. The number of nitrogens with zero attached hydrogens (tertiary/aromatic N) is 2. The Morgan fingerprint density at radius 3 is 2.50 bits per heavy atom. The molecule has 0 aromatic carbocycles. The lowest BCUT2D eigenvalue weighted by Crippen LogP contribution is -2.49. The van der Waals surface area contributed by atoms with Gasteiger partial charge in [-0.05, 0) is 25.7 Å².